The largest absolute Gasteiger partial charge is 0.497 e. The van der Waals surface area contributed by atoms with Gasteiger partial charge >= 0.3 is 5.97 Å². The zero-order valence-corrected chi connectivity index (χ0v) is 26.2. The topological polar surface area (TPSA) is 106 Å². The molecule has 0 radical (unpaired) electrons. The molecule has 2 fully saturated rings. The Kier molecular flexibility index (Phi) is 8.76. The number of aryl methyl sites for hydroxylation is 1. The van der Waals surface area contributed by atoms with Gasteiger partial charge in [-0.25, -0.2) is 4.98 Å². The zero-order valence-electron chi connectivity index (χ0n) is 25.4. The first-order chi connectivity index (χ1) is 21.3. The van der Waals surface area contributed by atoms with Gasteiger partial charge in [-0.1, -0.05) is 66.2 Å². The number of carboxylic acid groups (broad SMARTS) is 1. The molecule has 0 unspecified atom stereocenters. The van der Waals surface area contributed by atoms with Gasteiger partial charge in [0.1, 0.15) is 11.9 Å². The highest BCUT2D eigenvalue weighted by Crippen LogP contribution is 2.57. The van der Waals surface area contributed by atoms with E-state index >= 15 is 0 Å². The van der Waals surface area contributed by atoms with E-state index in [1.807, 2.05) is 43.3 Å². The van der Waals surface area contributed by atoms with E-state index in [1.54, 1.807) is 12.0 Å². The maximum atomic E-state index is 14.4. The Bertz CT molecular complexity index is 1580. The van der Waals surface area contributed by atoms with Gasteiger partial charge < -0.3 is 19.5 Å². The first-order valence-electron chi connectivity index (χ1n) is 15.7. The number of allylic oxidation sites excluding steroid dienone is 2. The highest BCUT2D eigenvalue weighted by Gasteiger charge is 2.61. The Morgan fingerprint density at radius 3 is 2.82 bits per heavy atom. The van der Waals surface area contributed by atoms with Crippen LogP contribution in [0.4, 0.5) is 0 Å². The van der Waals surface area contributed by atoms with Crippen molar-refractivity contribution < 1.29 is 29.0 Å². The first kappa shape index (κ1) is 30.3. The van der Waals surface area contributed by atoms with Crippen molar-refractivity contribution in [1.82, 2.24) is 9.88 Å². The monoisotopic (exact) mass is 616 g/mol. The summed E-state index contributed by atoms with van der Waals surface area (Å²) in [6.07, 6.45) is 9.45. The van der Waals surface area contributed by atoms with Gasteiger partial charge in [-0.15, -0.1) is 0 Å². The molecule has 1 aromatic heterocycles. The van der Waals surface area contributed by atoms with Crippen molar-refractivity contribution in [2.24, 2.45) is 17.3 Å². The number of carbonyl (C=O) groups is 3. The Labute approximate surface area is 262 Å². The second kappa shape index (κ2) is 12.7. The summed E-state index contributed by atoms with van der Waals surface area (Å²) in [5.74, 6) is -0.869. The van der Waals surface area contributed by atoms with Gasteiger partial charge in [-0.3, -0.25) is 14.4 Å². The maximum absolute atomic E-state index is 14.4. The predicted molar refractivity (Wildman–Crippen MR) is 169 cm³/mol. The average molecular weight is 617 g/mol. The molecule has 0 spiro atoms. The van der Waals surface area contributed by atoms with Crippen molar-refractivity contribution >= 4 is 39.2 Å². The van der Waals surface area contributed by atoms with Crippen LogP contribution in [0.25, 0.3) is 10.2 Å². The Morgan fingerprint density at radius 1 is 1.16 bits per heavy atom. The molecule has 9 heteroatoms. The molecule has 44 heavy (non-hydrogen) atoms. The number of carbonyl (C=O) groups excluding carboxylic acids is 2. The molecule has 1 amide bonds. The van der Waals surface area contributed by atoms with Crippen LogP contribution >= 0.6 is 11.3 Å². The summed E-state index contributed by atoms with van der Waals surface area (Å²) >= 11 is 1.40. The number of hydrogen-bond donors (Lipinski definition) is 1. The molecular weight excluding hydrogens is 576 g/mol. The van der Waals surface area contributed by atoms with Crippen molar-refractivity contribution in [3.8, 4) is 10.9 Å². The number of aliphatic carboxylic acids is 1. The third-order valence-corrected chi connectivity index (χ3v) is 10.4. The molecule has 1 saturated carbocycles. The van der Waals surface area contributed by atoms with Gasteiger partial charge in [-0.05, 0) is 68.7 Å². The van der Waals surface area contributed by atoms with E-state index in [9.17, 15) is 19.5 Å². The van der Waals surface area contributed by atoms with E-state index < -0.39 is 23.5 Å². The smallest absolute Gasteiger partial charge is 0.310 e. The number of rotatable bonds is 6. The summed E-state index contributed by atoms with van der Waals surface area (Å²) in [5.41, 5.74) is 1.96. The SMILES string of the molecule is COc1ccc2nc(O[C@@H]3C[C@H]4C(=O)C[C@]5(C(=O)O)C[C@H]5/C=C\CCCCC[C@H](Cc5cccc(C)c5)C(=O)N4C3)sc2c1. The normalized spacial score (nSPS) is 28.5. The lowest BCUT2D eigenvalue weighted by Crippen LogP contribution is -2.45. The van der Waals surface area contributed by atoms with Crippen LogP contribution in [0.2, 0.25) is 0 Å². The molecule has 6 rings (SSSR count). The van der Waals surface area contributed by atoms with Crippen LogP contribution < -0.4 is 9.47 Å². The van der Waals surface area contributed by atoms with Gasteiger partial charge in [0.15, 0.2) is 5.78 Å². The number of hydrogen-bond acceptors (Lipinski definition) is 7. The molecule has 5 atom stereocenters. The molecule has 3 heterocycles. The molecule has 8 nitrogen and oxygen atoms in total. The van der Waals surface area contributed by atoms with Crippen molar-refractivity contribution in [1.29, 1.82) is 0 Å². The Balaban J connectivity index is 1.29. The predicted octanol–water partition coefficient (Wildman–Crippen LogP) is 6.39. The lowest BCUT2D eigenvalue weighted by molar-refractivity contribution is -0.147. The number of ether oxygens (including phenoxy) is 2. The van der Waals surface area contributed by atoms with E-state index in [0.29, 0.717) is 24.5 Å². The molecule has 1 saturated heterocycles. The number of carboxylic acids is 1. The van der Waals surface area contributed by atoms with E-state index in [-0.39, 0.29) is 36.5 Å². The van der Waals surface area contributed by atoms with Crippen LogP contribution in [-0.4, -0.2) is 58.5 Å². The molecule has 1 N–H and O–H groups in total. The van der Waals surface area contributed by atoms with Crippen LogP contribution in [0.3, 0.4) is 0 Å². The maximum Gasteiger partial charge on any atom is 0.310 e. The number of aromatic nitrogens is 1. The summed E-state index contributed by atoms with van der Waals surface area (Å²) in [7, 11) is 1.62. The lowest BCUT2D eigenvalue weighted by atomic mass is 9.90. The lowest BCUT2D eigenvalue weighted by Gasteiger charge is -2.29. The van der Waals surface area contributed by atoms with E-state index in [1.165, 1.54) is 11.3 Å². The fourth-order valence-electron chi connectivity index (χ4n) is 6.94. The second-order valence-electron chi connectivity index (χ2n) is 12.7. The van der Waals surface area contributed by atoms with Crippen molar-refractivity contribution in [2.75, 3.05) is 13.7 Å². The minimum atomic E-state index is -1.09. The number of ketones is 1. The Hall–Kier alpha value is -3.72. The molecule has 2 aromatic carbocycles. The third-order valence-electron chi connectivity index (χ3n) is 9.52. The van der Waals surface area contributed by atoms with Crippen molar-refractivity contribution in [3.63, 3.8) is 0 Å². The number of nitrogens with zero attached hydrogens (tertiary/aromatic N) is 2. The number of amides is 1. The van der Waals surface area contributed by atoms with Crippen molar-refractivity contribution in [2.45, 2.75) is 76.9 Å². The highest BCUT2D eigenvalue weighted by molar-refractivity contribution is 7.20. The van der Waals surface area contributed by atoms with Gasteiger partial charge in [0.25, 0.3) is 5.19 Å². The van der Waals surface area contributed by atoms with E-state index in [2.05, 4.69) is 23.2 Å². The molecule has 1 aliphatic carbocycles. The van der Waals surface area contributed by atoms with Gasteiger partial charge in [0.05, 0.1) is 35.3 Å². The number of Topliss-reactive ketones (excluding diaryl/α,β-unsaturated/α-hetero) is 1. The van der Waals surface area contributed by atoms with Crippen LogP contribution in [0.15, 0.2) is 54.6 Å². The first-order valence-corrected chi connectivity index (χ1v) is 16.5. The van der Waals surface area contributed by atoms with Gasteiger partial charge in [0.2, 0.25) is 5.91 Å². The highest BCUT2D eigenvalue weighted by atomic mass is 32.1. The number of methoxy groups -OCH3 is 1. The van der Waals surface area contributed by atoms with Crippen LogP contribution in [0.5, 0.6) is 10.9 Å². The van der Waals surface area contributed by atoms with Crippen LogP contribution in [-0.2, 0) is 20.8 Å². The summed E-state index contributed by atoms with van der Waals surface area (Å²) in [5, 5.41) is 10.7. The summed E-state index contributed by atoms with van der Waals surface area (Å²) in [6.45, 7) is 2.32. The summed E-state index contributed by atoms with van der Waals surface area (Å²) < 4.78 is 12.6. The molecule has 2 aliphatic heterocycles. The number of fused-ring (bicyclic) bond motifs is 3. The Morgan fingerprint density at radius 2 is 2.02 bits per heavy atom. The zero-order chi connectivity index (χ0) is 30.8. The van der Waals surface area contributed by atoms with Gasteiger partial charge in [0, 0.05) is 18.8 Å². The number of thiazole rings is 1. The fraction of sp³-hybridized carbons (Fsp3) is 0.486. The molecule has 0 bridgehead atoms. The molecular formula is C35H40N2O6S. The molecule has 3 aromatic rings. The minimum Gasteiger partial charge on any atom is -0.497 e. The van der Waals surface area contributed by atoms with Crippen molar-refractivity contribution in [3.05, 3.63) is 65.7 Å². The fourth-order valence-corrected chi connectivity index (χ4v) is 7.85. The molecule has 232 valence electrons. The summed E-state index contributed by atoms with van der Waals surface area (Å²) in [4.78, 5) is 47.1. The average Bonchev–Trinajstić information content (AvgIpc) is 3.31. The quantitative estimate of drug-likeness (QED) is 0.320. The standard InChI is InChI=1S/C35H40N2O6S/c1-22-9-8-10-23(15-22)16-24-11-6-4-3-5-7-12-25-19-35(25,33(40)41)20-30(38)29-17-27(21-37(29)32(24)39)43-34-36-28-14-13-26(42-2)18-31(28)44-34/h7-10,12-15,18,24-25,27,29H,3-6,11,16-17,19-21H2,1-2H3,(H,40,41)/b12-7-/t24-,25-,27-,29+,35-/m1/s1. The summed E-state index contributed by atoms with van der Waals surface area (Å²) in [6, 6.07) is 13.2. The van der Waals surface area contributed by atoms with E-state index in [0.717, 1.165) is 59.2 Å². The van der Waals surface area contributed by atoms with Gasteiger partial charge in [-0.2, -0.15) is 0 Å². The number of benzene rings is 2. The minimum absolute atomic E-state index is 0.0466. The second-order valence-corrected chi connectivity index (χ2v) is 13.7. The van der Waals surface area contributed by atoms with Crippen LogP contribution in [0, 0.1) is 24.2 Å². The van der Waals surface area contributed by atoms with Crippen LogP contribution in [0.1, 0.15) is 62.5 Å². The van der Waals surface area contributed by atoms with E-state index in [4.69, 9.17) is 9.47 Å². The third kappa shape index (κ3) is 6.39. The molecule has 3 aliphatic rings.